The van der Waals surface area contributed by atoms with Crippen molar-refractivity contribution < 1.29 is 32.3 Å². The van der Waals surface area contributed by atoms with Crippen molar-refractivity contribution in [2.24, 2.45) is 5.41 Å². The summed E-state index contributed by atoms with van der Waals surface area (Å²) in [5.41, 5.74) is 3.66. The van der Waals surface area contributed by atoms with E-state index >= 15 is 13.2 Å². The molecule has 2 aromatic rings. The van der Waals surface area contributed by atoms with Crippen LogP contribution in [0.1, 0.15) is 79.4 Å². The number of alkyl halides is 2. The largest absolute Gasteiger partial charge is 0.336 e. The number of piperidine rings is 2. The van der Waals surface area contributed by atoms with Gasteiger partial charge in [0.2, 0.25) is 17.7 Å². The zero-order valence-electron chi connectivity index (χ0n) is 29.0. The zero-order chi connectivity index (χ0) is 36.2. The van der Waals surface area contributed by atoms with Crippen LogP contribution < -0.4 is 5.32 Å². The Labute approximate surface area is 300 Å². The Kier molecular flexibility index (Phi) is 9.56. The smallest absolute Gasteiger partial charge is 0.275 e. The second kappa shape index (κ2) is 13.7. The minimum Gasteiger partial charge on any atom is -0.336 e. The summed E-state index contributed by atoms with van der Waals surface area (Å²) in [7, 11) is 0. The fraction of sp³-hybridized carbons (Fsp3) is 0.526. The monoisotopic (exact) mass is 725 g/mol. The van der Waals surface area contributed by atoms with Gasteiger partial charge in [-0.1, -0.05) is 43.6 Å². The number of carbonyl (C=O) groups is 4. The molecular formula is C38H43ClF3N5O4. The van der Waals surface area contributed by atoms with Gasteiger partial charge >= 0.3 is 0 Å². The van der Waals surface area contributed by atoms with Gasteiger partial charge in [0, 0.05) is 62.8 Å². The number of fused-ring (bicyclic) bond motifs is 1. The minimum atomic E-state index is -3.03. The Morgan fingerprint density at radius 2 is 1.71 bits per heavy atom. The Hall–Kier alpha value is -3.74. The first-order valence-corrected chi connectivity index (χ1v) is 18.1. The maximum absolute atomic E-state index is 15.8. The molecule has 0 spiro atoms. The summed E-state index contributed by atoms with van der Waals surface area (Å²) in [6, 6.07) is 8.62. The topological polar surface area (TPSA) is 93.3 Å². The van der Waals surface area contributed by atoms with E-state index in [0.717, 1.165) is 29.6 Å². The molecule has 1 N–H and O–H groups in total. The highest BCUT2D eigenvalue weighted by atomic mass is 35.5. The standard InChI is InChI=1S/C38H43ClF3N5O4/c1-37(2)11-9-27(28(19-37)24-3-5-26(39)6-4-24)35(50)46-15-13-45(14-16-46)31-10-12-44(22-38(31,41)42)20-23-17-25-21-47(36(51)33(25)29(40)18-23)30-7-8-32(48)43-34(30)49/h3-6,17-18,30-31H,7-16,19-22H2,1-2H3,(H,43,48,49). The lowest BCUT2D eigenvalue weighted by Gasteiger charge is -2.46. The van der Waals surface area contributed by atoms with Gasteiger partial charge in [-0.2, -0.15) is 0 Å². The van der Waals surface area contributed by atoms with Crippen molar-refractivity contribution in [2.75, 3.05) is 39.3 Å². The third-order valence-electron chi connectivity index (χ3n) is 11.2. The van der Waals surface area contributed by atoms with Crippen LogP contribution in [0.3, 0.4) is 0 Å². The second-order valence-corrected chi connectivity index (χ2v) is 15.9. The van der Waals surface area contributed by atoms with Crippen LogP contribution in [-0.4, -0.2) is 101 Å². The molecule has 7 rings (SSSR count). The molecule has 0 saturated carbocycles. The molecular weight excluding hydrogens is 683 g/mol. The van der Waals surface area contributed by atoms with E-state index in [9.17, 15) is 19.2 Å². The maximum Gasteiger partial charge on any atom is 0.275 e. The number of hydrogen-bond acceptors (Lipinski definition) is 6. The third-order valence-corrected chi connectivity index (χ3v) is 11.5. The summed E-state index contributed by atoms with van der Waals surface area (Å²) in [5.74, 6) is -5.39. The number of allylic oxidation sites excluding steroid dienone is 1. The third kappa shape index (κ3) is 7.19. The first-order valence-electron chi connectivity index (χ1n) is 17.8. The molecule has 1 aliphatic carbocycles. The average Bonchev–Trinajstić information content (AvgIpc) is 3.40. The van der Waals surface area contributed by atoms with Crippen molar-refractivity contribution in [3.05, 3.63) is 75.1 Å². The van der Waals surface area contributed by atoms with Gasteiger partial charge in [0.15, 0.2) is 0 Å². The van der Waals surface area contributed by atoms with Crippen LogP contribution in [0.25, 0.3) is 5.57 Å². The normalized spacial score (nSPS) is 25.6. The first kappa shape index (κ1) is 35.7. The molecule has 3 fully saturated rings. The number of halogens is 4. The number of nitrogens with zero attached hydrogens (tertiary/aromatic N) is 4. The van der Waals surface area contributed by atoms with Gasteiger partial charge in [0.05, 0.1) is 18.2 Å². The Bertz CT molecular complexity index is 1790. The first-order chi connectivity index (χ1) is 24.2. The molecule has 272 valence electrons. The molecule has 4 heterocycles. The lowest BCUT2D eigenvalue weighted by Crippen LogP contribution is -2.62. The maximum atomic E-state index is 15.8. The molecule has 0 bridgehead atoms. The number of hydrogen-bond donors (Lipinski definition) is 1. The van der Waals surface area contributed by atoms with Gasteiger partial charge in [-0.05, 0) is 78.0 Å². The SMILES string of the molecule is CC1(C)CCC(C(=O)N2CCN(C3CCN(Cc4cc(F)c5c(c4)CN(C4CCC(=O)NC4=O)C5=O)CC3(F)F)CC2)=C(c2ccc(Cl)cc2)C1. The second-order valence-electron chi connectivity index (χ2n) is 15.4. The molecule has 51 heavy (non-hydrogen) atoms. The molecule has 4 aliphatic heterocycles. The number of imide groups is 1. The number of benzene rings is 2. The summed E-state index contributed by atoms with van der Waals surface area (Å²) in [4.78, 5) is 57.4. The van der Waals surface area contributed by atoms with E-state index in [1.54, 1.807) is 11.0 Å². The van der Waals surface area contributed by atoms with Crippen LogP contribution in [0.2, 0.25) is 5.02 Å². The van der Waals surface area contributed by atoms with Crippen molar-refractivity contribution in [3.8, 4) is 0 Å². The number of nitrogens with one attached hydrogen (secondary N) is 1. The molecule has 2 atom stereocenters. The van der Waals surface area contributed by atoms with E-state index in [4.69, 9.17) is 11.6 Å². The van der Waals surface area contributed by atoms with Crippen LogP contribution in [0.15, 0.2) is 42.0 Å². The highest BCUT2D eigenvalue weighted by Crippen LogP contribution is 2.44. The molecule has 2 aromatic carbocycles. The predicted octanol–water partition coefficient (Wildman–Crippen LogP) is 5.26. The van der Waals surface area contributed by atoms with Gasteiger partial charge in [-0.15, -0.1) is 0 Å². The number of piperazine rings is 1. The molecule has 5 aliphatic rings. The van der Waals surface area contributed by atoms with Gasteiger partial charge in [-0.25, -0.2) is 13.2 Å². The van der Waals surface area contributed by atoms with Crippen LogP contribution in [0.5, 0.6) is 0 Å². The van der Waals surface area contributed by atoms with Crippen molar-refractivity contribution in [1.29, 1.82) is 0 Å². The van der Waals surface area contributed by atoms with Crippen molar-refractivity contribution in [2.45, 2.75) is 83.5 Å². The minimum absolute atomic E-state index is 0.00955. The van der Waals surface area contributed by atoms with Crippen LogP contribution in [-0.2, 0) is 27.5 Å². The quantitative estimate of drug-likeness (QED) is 0.409. The highest BCUT2D eigenvalue weighted by Gasteiger charge is 2.48. The summed E-state index contributed by atoms with van der Waals surface area (Å²) in [6.07, 6.45) is 2.81. The van der Waals surface area contributed by atoms with Gasteiger partial charge < -0.3 is 9.80 Å². The van der Waals surface area contributed by atoms with Crippen LogP contribution in [0.4, 0.5) is 13.2 Å². The number of carbonyl (C=O) groups excluding carboxylic acids is 4. The lowest BCUT2D eigenvalue weighted by molar-refractivity contribution is -0.142. The lowest BCUT2D eigenvalue weighted by atomic mass is 9.72. The van der Waals surface area contributed by atoms with Crippen LogP contribution in [0, 0.1) is 11.2 Å². The molecule has 0 aromatic heterocycles. The number of amides is 4. The van der Waals surface area contributed by atoms with E-state index < -0.39 is 48.1 Å². The van der Waals surface area contributed by atoms with E-state index in [-0.39, 0.29) is 49.2 Å². The number of likely N-dealkylation sites (tertiary alicyclic amines) is 1. The zero-order valence-corrected chi connectivity index (χ0v) is 29.7. The van der Waals surface area contributed by atoms with E-state index in [1.165, 1.54) is 11.0 Å². The molecule has 4 amide bonds. The van der Waals surface area contributed by atoms with Gasteiger partial charge in [0.1, 0.15) is 11.9 Å². The van der Waals surface area contributed by atoms with E-state index in [2.05, 4.69) is 19.2 Å². The Morgan fingerprint density at radius 1 is 0.980 bits per heavy atom. The number of rotatable bonds is 6. The average molecular weight is 726 g/mol. The molecule has 3 saturated heterocycles. The van der Waals surface area contributed by atoms with Crippen molar-refractivity contribution in [3.63, 3.8) is 0 Å². The fourth-order valence-electron chi connectivity index (χ4n) is 8.53. The van der Waals surface area contributed by atoms with Crippen molar-refractivity contribution >= 4 is 40.8 Å². The molecule has 0 radical (unpaired) electrons. The Morgan fingerprint density at radius 3 is 2.39 bits per heavy atom. The Balaban J connectivity index is 0.969. The summed E-state index contributed by atoms with van der Waals surface area (Å²) in [6.45, 7) is 5.86. The van der Waals surface area contributed by atoms with Gasteiger partial charge in [-0.3, -0.25) is 34.3 Å². The van der Waals surface area contributed by atoms with E-state index in [1.807, 2.05) is 34.1 Å². The predicted molar refractivity (Wildman–Crippen MR) is 185 cm³/mol. The molecule has 9 nitrogen and oxygen atoms in total. The summed E-state index contributed by atoms with van der Waals surface area (Å²) in [5, 5.41) is 2.87. The highest BCUT2D eigenvalue weighted by molar-refractivity contribution is 6.30. The van der Waals surface area contributed by atoms with Gasteiger partial charge in [0.25, 0.3) is 11.8 Å². The molecule has 13 heteroatoms. The van der Waals surface area contributed by atoms with Crippen molar-refractivity contribution in [1.82, 2.24) is 24.9 Å². The van der Waals surface area contributed by atoms with Crippen LogP contribution >= 0.6 is 11.6 Å². The van der Waals surface area contributed by atoms with E-state index in [0.29, 0.717) is 55.3 Å². The summed E-state index contributed by atoms with van der Waals surface area (Å²) >= 11 is 6.14. The molecule has 2 unspecified atom stereocenters. The fourth-order valence-corrected chi connectivity index (χ4v) is 8.66. The summed E-state index contributed by atoms with van der Waals surface area (Å²) < 4.78 is 46.9.